The number of fused-ring (bicyclic) bond motifs is 3. The van der Waals surface area contributed by atoms with Crippen molar-refractivity contribution in [2.75, 3.05) is 13.3 Å². The molecule has 5 rings (SSSR count). The van der Waals surface area contributed by atoms with Gasteiger partial charge in [-0.2, -0.15) is 0 Å². The number of hydrogen-bond acceptors (Lipinski definition) is 5. The fraction of sp³-hybridized carbons (Fsp3) is 0.636. The molecule has 1 fully saturated rings. The van der Waals surface area contributed by atoms with E-state index in [0.29, 0.717) is 0 Å². The van der Waals surface area contributed by atoms with Crippen LogP contribution in [0.3, 0.4) is 0 Å². The predicted molar refractivity (Wildman–Crippen MR) is 110 cm³/mol. The molecule has 5 nitrogen and oxygen atoms in total. The fourth-order valence-electron chi connectivity index (χ4n) is 4.95. The lowest BCUT2D eigenvalue weighted by atomic mass is 9.73. The summed E-state index contributed by atoms with van der Waals surface area (Å²) in [6.07, 6.45) is 2.51. The second kappa shape index (κ2) is 6.08. The van der Waals surface area contributed by atoms with Crippen molar-refractivity contribution in [3.05, 3.63) is 34.9 Å². The van der Waals surface area contributed by atoms with Crippen molar-refractivity contribution in [3.8, 4) is 11.5 Å². The molecule has 0 spiro atoms. The molecule has 4 aliphatic rings. The molecule has 1 N–H and O–H groups in total. The first kappa shape index (κ1) is 18.7. The molecule has 1 aromatic rings. The van der Waals surface area contributed by atoms with E-state index < -0.39 is 14.4 Å². The number of benzene rings is 1. The minimum Gasteiger partial charge on any atom is -0.454 e. The van der Waals surface area contributed by atoms with Crippen LogP contribution >= 0.6 is 0 Å². The average Bonchev–Trinajstić information content (AvgIpc) is 3.22. The minimum atomic E-state index is -1.99. The molecule has 0 aromatic heterocycles. The molecule has 0 unspecified atom stereocenters. The van der Waals surface area contributed by atoms with Crippen LogP contribution in [0.1, 0.15) is 44.2 Å². The van der Waals surface area contributed by atoms with Gasteiger partial charge in [-0.1, -0.05) is 32.4 Å². The third-order valence-electron chi connectivity index (χ3n) is 7.49. The normalized spacial score (nSPS) is 31.4. The second-order valence-corrected chi connectivity index (χ2v) is 14.9. The van der Waals surface area contributed by atoms with Gasteiger partial charge in [-0.15, -0.1) is 0 Å². The van der Waals surface area contributed by atoms with Gasteiger partial charge in [0, 0.05) is 25.0 Å². The van der Waals surface area contributed by atoms with Gasteiger partial charge < -0.3 is 19.0 Å². The van der Waals surface area contributed by atoms with Crippen LogP contribution in [0.4, 0.5) is 0 Å². The highest BCUT2D eigenvalue weighted by Crippen LogP contribution is 2.51. The van der Waals surface area contributed by atoms with E-state index in [2.05, 4.69) is 57.0 Å². The molecule has 152 valence electrons. The molecule has 0 amide bonds. The summed E-state index contributed by atoms with van der Waals surface area (Å²) in [4.78, 5) is 2.51. The summed E-state index contributed by atoms with van der Waals surface area (Å²) in [6, 6.07) is 4.50. The van der Waals surface area contributed by atoms with Crippen LogP contribution in [0, 0.1) is 0 Å². The first-order valence-corrected chi connectivity index (χ1v) is 13.3. The highest BCUT2D eigenvalue weighted by Gasteiger charge is 2.51. The Balaban J connectivity index is 1.55. The summed E-state index contributed by atoms with van der Waals surface area (Å²) in [5.74, 6) is 1.65. The first-order valence-electron chi connectivity index (χ1n) is 10.4. The summed E-state index contributed by atoms with van der Waals surface area (Å²) in [7, 11) is -1.99. The Morgan fingerprint density at radius 3 is 2.61 bits per heavy atom. The molecular formula is C22H31NO4Si. The van der Waals surface area contributed by atoms with Crippen molar-refractivity contribution in [3.63, 3.8) is 0 Å². The molecule has 28 heavy (non-hydrogen) atoms. The quantitative estimate of drug-likeness (QED) is 0.604. The minimum absolute atomic E-state index is 0.0236. The van der Waals surface area contributed by atoms with Crippen LogP contribution in [0.15, 0.2) is 23.8 Å². The topological polar surface area (TPSA) is 51.2 Å². The standard InChI is InChI=1S/C22H31NO4Si/c1-22(2,3)28(4,5)27-18-8-13-6-7-23-11-14-9-16-17(26-12-25-16)10-15(14)19(20(13)23)21(18)24/h8-10,18-21,24H,6-7,11-12H2,1-5H3/t18-,19-,20+,21+/m0/s1. The Kier molecular flexibility index (Phi) is 4.05. The molecule has 0 radical (unpaired) electrons. The Bertz CT molecular complexity index is 844. The van der Waals surface area contributed by atoms with E-state index in [1.807, 2.05) is 0 Å². The summed E-state index contributed by atoms with van der Waals surface area (Å²) in [6.45, 7) is 13.5. The van der Waals surface area contributed by atoms with Gasteiger partial charge in [0.05, 0.1) is 12.2 Å². The Morgan fingerprint density at radius 1 is 1.18 bits per heavy atom. The second-order valence-electron chi connectivity index (χ2n) is 10.2. The SMILES string of the molecule is CC(C)(C)[Si](C)(C)O[C@H]1C=C2CCN3Cc4cc5c(cc4[C@H]([C@@H]1O)[C@@H]23)OCO5. The Hall–Kier alpha value is -1.34. The van der Waals surface area contributed by atoms with Crippen molar-refractivity contribution < 1.29 is 19.0 Å². The summed E-state index contributed by atoms with van der Waals surface area (Å²) < 4.78 is 17.9. The van der Waals surface area contributed by atoms with Gasteiger partial charge >= 0.3 is 0 Å². The van der Waals surface area contributed by atoms with Crippen molar-refractivity contribution in [1.82, 2.24) is 4.90 Å². The zero-order valence-electron chi connectivity index (χ0n) is 17.5. The monoisotopic (exact) mass is 401 g/mol. The van der Waals surface area contributed by atoms with Crippen molar-refractivity contribution in [1.29, 1.82) is 0 Å². The fourth-order valence-corrected chi connectivity index (χ4v) is 6.19. The van der Waals surface area contributed by atoms with Gasteiger partial charge in [0.1, 0.15) is 0 Å². The van der Waals surface area contributed by atoms with Gasteiger partial charge in [-0.3, -0.25) is 4.90 Å². The lowest BCUT2D eigenvalue weighted by molar-refractivity contribution is 0.00399. The van der Waals surface area contributed by atoms with E-state index in [9.17, 15) is 5.11 Å². The molecule has 3 aliphatic heterocycles. The zero-order valence-corrected chi connectivity index (χ0v) is 18.5. The molecule has 6 heteroatoms. The summed E-state index contributed by atoms with van der Waals surface area (Å²) in [5.41, 5.74) is 3.88. The first-order chi connectivity index (χ1) is 13.2. The Morgan fingerprint density at radius 2 is 1.89 bits per heavy atom. The average molecular weight is 402 g/mol. The van der Waals surface area contributed by atoms with E-state index in [4.69, 9.17) is 13.9 Å². The van der Waals surface area contributed by atoms with Gasteiger partial charge in [-0.25, -0.2) is 0 Å². The number of aliphatic hydroxyl groups excluding tert-OH is 1. The number of ether oxygens (including phenoxy) is 2. The molecular weight excluding hydrogens is 370 g/mol. The van der Waals surface area contributed by atoms with Crippen LogP contribution < -0.4 is 9.47 Å². The van der Waals surface area contributed by atoms with E-state index in [1.54, 1.807) is 0 Å². The third-order valence-corrected chi connectivity index (χ3v) is 12.0. The molecule has 0 bridgehead atoms. The molecule has 3 heterocycles. The van der Waals surface area contributed by atoms with Crippen LogP contribution in [-0.2, 0) is 11.0 Å². The number of nitrogens with zero attached hydrogens (tertiary/aromatic N) is 1. The smallest absolute Gasteiger partial charge is 0.231 e. The van der Waals surface area contributed by atoms with E-state index in [-0.39, 0.29) is 29.9 Å². The molecule has 4 atom stereocenters. The van der Waals surface area contributed by atoms with Gasteiger partial charge in [0.2, 0.25) is 6.79 Å². The van der Waals surface area contributed by atoms with Crippen molar-refractivity contribution >= 4 is 8.32 Å². The maximum Gasteiger partial charge on any atom is 0.231 e. The van der Waals surface area contributed by atoms with Crippen LogP contribution in [0.5, 0.6) is 11.5 Å². The van der Waals surface area contributed by atoms with Crippen molar-refractivity contribution in [2.45, 2.75) is 76.0 Å². The van der Waals surface area contributed by atoms with Crippen LogP contribution in [-0.4, -0.2) is 49.9 Å². The molecule has 1 aromatic carbocycles. The highest BCUT2D eigenvalue weighted by atomic mass is 28.4. The van der Waals surface area contributed by atoms with Gasteiger partial charge in [0.25, 0.3) is 0 Å². The van der Waals surface area contributed by atoms with E-state index >= 15 is 0 Å². The third kappa shape index (κ3) is 2.69. The predicted octanol–water partition coefficient (Wildman–Crippen LogP) is 3.78. The molecule has 1 aliphatic carbocycles. The number of hydrogen-bond donors (Lipinski definition) is 1. The number of rotatable bonds is 2. The largest absolute Gasteiger partial charge is 0.454 e. The summed E-state index contributed by atoms with van der Waals surface area (Å²) in [5, 5.41) is 11.6. The van der Waals surface area contributed by atoms with E-state index in [0.717, 1.165) is 31.0 Å². The van der Waals surface area contributed by atoms with E-state index in [1.165, 1.54) is 16.7 Å². The lowest BCUT2D eigenvalue weighted by Crippen LogP contribution is -2.54. The van der Waals surface area contributed by atoms with Crippen LogP contribution in [0.2, 0.25) is 18.1 Å². The lowest BCUT2D eigenvalue weighted by Gasteiger charge is -2.48. The Labute approximate surface area is 168 Å². The maximum atomic E-state index is 11.5. The highest BCUT2D eigenvalue weighted by molar-refractivity contribution is 6.74. The number of aliphatic hydroxyl groups is 1. The molecule has 1 saturated heterocycles. The van der Waals surface area contributed by atoms with Gasteiger partial charge in [-0.05, 0) is 47.8 Å². The maximum absolute atomic E-state index is 11.5. The van der Waals surface area contributed by atoms with Gasteiger partial charge in [0.15, 0.2) is 19.8 Å². The van der Waals surface area contributed by atoms with Crippen LogP contribution in [0.25, 0.3) is 0 Å². The zero-order chi connectivity index (χ0) is 19.8. The summed E-state index contributed by atoms with van der Waals surface area (Å²) >= 11 is 0. The molecule has 0 saturated carbocycles. The van der Waals surface area contributed by atoms with Crippen molar-refractivity contribution in [2.24, 2.45) is 0 Å².